The lowest BCUT2D eigenvalue weighted by Crippen LogP contribution is -2.18. The topological polar surface area (TPSA) is 63.2 Å². The number of hydrogen-bond acceptors (Lipinski definition) is 3. The van der Waals surface area contributed by atoms with E-state index in [0.717, 1.165) is 6.07 Å². The van der Waals surface area contributed by atoms with Gasteiger partial charge >= 0.3 is 0 Å². The number of ketones is 2. The highest BCUT2D eigenvalue weighted by molar-refractivity contribution is 6.54. The van der Waals surface area contributed by atoms with Crippen LogP contribution in [0.2, 0.25) is 15.1 Å². The molecule has 1 N–H and O–H groups in total. The van der Waals surface area contributed by atoms with Gasteiger partial charge in [-0.2, -0.15) is 0 Å². The van der Waals surface area contributed by atoms with Crippen LogP contribution in [0.1, 0.15) is 33.0 Å². The number of halogens is 11. The molecule has 0 aliphatic heterocycles. The quantitative estimate of drug-likeness (QED) is 0.106. The van der Waals surface area contributed by atoms with Gasteiger partial charge < -0.3 is 5.32 Å². The van der Waals surface area contributed by atoms with Crippen LogP contribution in [0.3, 0.4) is 0 Å². The summed E-state index contributed by atoms with van der Waals surface area (Å²) in [6.45, 7) is 0. The molecule has 0 aromatic heterocycles. The van der Waals surface area contributed by atoms with Gasteiger partial charge in [-0.15, -0.1) is 23.2 Å². The van der Waals surface area contributed by atoms with E-state index in [9.17, 15) is 40.7 Å². The summed E-state index contributed by atoms with van der Waals surface area (Å²) in [6.07, 6.45) is -5.47. The number of alkyl halides is 4. The first-order chi connectivity index (χ1) is 19.5. The Morgan fingerprint density at radius 2 is 1.38 bits per heavy atom. The van der Waals surface area contributed by atoms with E-state index in [-0.39, 0.29) is 26.8 Å². The Balaban J connectivity index is 1.56. The Bertz CT molecular complexity index is 1610. The van der Waals surface area contributed by atoms with Crippen molar-refractivity contribution >= 4 is 81.2 Å². The fourth-order valence-corrected chi connectivity index (χ4v) is 5.80. The fraction of sp³-hybridized carbons (Fsp3) is 0.222. The zero-order chi connectivity index (χ0) is 31.3. The van der Waals surface area contributed by atoms with E-state index in [1.165, 1.54) is 12.1 Å². The third-order valence-corrected chi connectivity index (χ3v) is 8.61. The second kappa shape index (κ2) is 12.2. The SMILES string of the molecule is O=C(Cc1cc(CC(=O)C(F)F)c(F)cc1F)c1cc(NC(=O)[C@H]2[C@H](c3cc(Cl)c(Cl)c(Cl)c3)C2(Cl)Cl)cc(F)c1F. The maximum absolute atomic E-state index is 14.6. The molecule has 42 heavy (non-hydrogen) atoms. The number of carbonyl (C=O) groups excluding carboxylic acids is 3. The first-order valence-electron chi connectivity index (χ1n) is 11.7. The van der Waals surface area contributed by atoms with Crippen molar-refractivity contribution < 1.29 is 40.7 Å². The minimum Gasteiger partial charge on any atom is -0.326 e. The van der Waals surface area contributed by atoms with Crippen LogP contribution in [0.25, 0.3) is 0 Å². The Morgan fingerprint density at radius 1 is 0.810 bits per heavy atom. The van der Waals surface area contributed by atoms with Gasteiger partial charge in [0, 0.05) is 36.6 Å². The number of rotatable bonds is 9. The highest BCUT2D eigenvalue weighted by Gasteiger charge is 2.67. The molecule has 3 aromatic carbocycles. The molecule has 3 aromatic rings. The molecule has 2 atom stereocenters. The van der Waals surface area contributed by atoms with Crippen molar-refractivity contribution in [2.24, 2.45) is 5.92 Å². The Labute approximate surface area is 258 Å². The molecule has 4 nitrogen and oxygen atoms in total. The molecule has 0 radical (unpaired) electrons. The molecule has 0 saturated heterocycles. The lowest BCUT2D eigenvalue weighted by atomic mass is 9.98. The average molecular weight is 692 g/mol. The molecule has 0 spiro atoms. The van der Waals surface area contributed by atoms with Gasteiger partial charge in [0.1, 0.15) is 16.0 Å². The largest absolute Gasteiger partial charge is 0.326 e. The second-order valence-corrected chi connectivity index (χ2v) is 12.0. The van der Waals surface area contributed by atoms with Crippen LogP contribution in [0.4, 0.5) is 32.0 Å². The fourth-order valence-electron chi connectivity index (χ4n) is 4.36. The molecule has 0 unspecified atom stereocenters. The zero-order valence-corrected chi connectivity index (χ0v) is 24.3. The number of carbonyl (C=O) groups is 3. The molecule has 15 heteroatoms. The number of amides is 1. The van der Waals surface area contributed by atoms with Gasteiger partial charge in [0.25, 0.3) is 6.43 Å². The van der Waals surface area contributed by atoms with Crippen molar-refractivity contribution in [2.45, 2.75) is 29.5 Å². The summed E-state index contributed by atoms with van der Waals surface area (Å²) in [6, 6.07) is 5.12. The van der Waals surface area contributed by atoms with Gasteiger partial charge in [-0.1, -0.05) is 34.8 Å². The van der Waals surface area contributed by atoms with E-state index in [0.29, 0.717) is 17.7 Å². The summed E-state index contributed by atoms with van der Waals surface area (Å²) in [5.74, 6) is -11.4. The van der Waals surface area contributed by atoms with Crippen molar-refractivity contribution in [1.29, 1.82) is 0 Å². The summed E-state index contributed by atoms with van der Waals surface area (Å²) in [5.41, 5.74) is -2.11. The molecule has 1 aliphatic rings. The lowest BCUT2D eigenvalue weighted by molar-refractivity contribution is -0.128. The Kier molecular flexibility index (Phi) is 9.45. The maximum Gasteiger partial charge on any atom is 0.296 e. The summed E-state index contributed by atoms with van der Waals surface area (Å²) >= 11 is 30.6. The first kappa shape index (κ1) is 32.4. The summed E-state index contributed by atoms with van der Waals surface area (Å²) in [7, 11) is 0. The van der Waals surface area contributed by atoms with Gasteiger partial charge in [0.05, 0.1) is 26.5 Å². The smallest absolute Gasteiger partial charge is 0.296 e. The molecule has 222 valence electrons. The molecular formula is C27H14Cl5F6NO3. The molecular weight excluding hydrogens is 678 g/mol. The van der Waals surface area contributed by atoms with Crippen LogP contribution >= 0.6 is 58.0 Å². The van der Waals surface area contributed by atoms with E-state index in [2.05, 4.69) is 5.32 Å². The zero-order valence-electron chi connectivity index (χ0n) is 20.5. The highest BCUT2D eigenvalue weighted by atomic mass is 35.5. The molecule has 0 heterocycles. The van der Waals surface area contributed by atoms with Crippen LogP contribution in [0.15, 0.2) is 36.4 Å². The third-order valence-electron chi connectivity index (χ3n) is 6.47. The predicted octanol–water partition coefficient (Wildman–Crippen LogP) is 8.53. The van der Waals surface area contributed by atoms with Gasteiger partial charge in [0.15, 0.2) is 17.4 Å². The lowest BCUT2D eigenvalue weighted by Gasteiger charge is -2.11. The molecule has 4 rings (SSSR count). The van der Waals surface area contributed by atoms with Crippen molar-refractivity contribution in [3.63, 3.8) is 0 Å². The van der Waals surface area contributed by atoms with Crippen molar-refractivity contribution in [3.8, 4) is 0 Å². The monoisotopic (exact) mass is 689 g/mol. The van der Waals surface area contributed by atoms with E-state index in [1.54, 1.807) is 0 Å². The number of Topliss-reactive ketones (excluding diaryl/α,β-unsaturated/α-hetero) is 2. The van der Waals surface area contributed by atoms with E-state index in [4.69, 9.17) is 58.0 Å². The van der Waals surface area contributed by atoms with Crippen molar-refractivity contribution in [2.75, 3.05) is 5.32 Å². The minimum atomic E-state index is -3.41. The van der Waals surface area contributed by atoms with Gasteiger partial charge in [-0.25, -0.2) is 26.3 Å². The number of hydrogen-bond donors (Lipinski definition) is 1. The first-order valence-corrected chi connectivity index (χ1v) is 13.5. The molecule has 1 amide bonds. The summed E-state index contributed by atoms with van der Waals surface area (Å²) < 4.78 is 80.9. The molecule has 1 aliphatic carbocycles. The number of anilines is 1. The van der Waals surface area contributed by atoms with Crippen molar-refractivity contribution in [1.82, 2.24) is 0 Å². The van der Waals surface area contributed by atoms with Crippen molar-refractivity contribution in [3.05, 3.63) is 97.0 Å². The standard InChI is InChI=1S/C27H14Cl5F6NO3/c28-14-2-11(3-15(29)23(14)30)21-22(27(21,31)32)26(42)39-12-6-13(24(36)18(35)7-12)19(40)4-9-1-10(5-20(41)25(37)38)17(34)8-16(9)33/h1-3,6-8,21-22,25H,4-5H2,(H,39,42)/t21-,22+/m0/s1. The van der Waals surface area contributed by atoms with Gasteiger partial charge in [-0.3, -0.25) is 14.4 Å². The average Bonchev–Trinajstić information content (AvgIpc) is 3.48. The minimum absolute atomic E-state index is 0.0656. The third kappa shape index (κ3) is 6.53. The summed E-state index contributed by atoms with van der Waals surface area (Å²) in [4.78, 5) is 37.1. The van der Waals surface area contributed by atoms with E-state index >= 15 is 0 Å². The van der Waals surface area contributed by atoms with Crippen LogP contribution in [-0.2, 0) is 22.4 Å². The molecule has 1 saturated carbocycles. The Hall–Kier alpha value is -2.50. The normalized spacial score (nSPS) is 17.3. The predicted molar refractivity (Wildman–Crippen MR) is 146 cm³/mol. The highest BCUT2D eigenvalue weighted by Crippen LogP contribution is 2.65. The van der Waals surface area contributed by atoms with E-state index < -0.39 is 92.9 Å². The molecule has 1 fully saturated rings. The van der Waals surface area contributed by atoms with Crippen LogP contribution < -0.4 is 5.32 Å². The maximum atomic E-state index is 14.6. The summed E-state index contributed by atoms with van der Waals surface area (Å²) in [5, 5.41) is 2.51. The van der Waals surface area contributed by atoms with Gasteiger partial charge in [0.2, 0.25) is 11.7 Å². The molecule has 0 bridgehead atoms. The van der Waals surface area contributed by atoms with Crippen LogP contribution in [0.5, 0.6) is 0 Å². The van der Waals surface area contributed by atoms with Gasteiger partial charge in [-0.05, 0) is 41.0 Å². The van der Waals surface area contributed by atoms with Crippen LogP contribution in [0, 0.1) is 29.2 Å². The Morgan fingerprint density at radius 3 is 1.95 bits per heavy atom. The number of nitrogens with one attached hydrogen (secondary N) is 1. The number of benzene rings is 3. The van der Waals surface area contributed by atoms with Crippen LogP contribution in [-0.4, -0.2) is 28.2 Å². The second-order valence-electron chi connectivity index (χ2n) is 9.32. The van der Waals surface area contributed by atoms with E-state index in [1.807, 2.05) is 0 Å².